The molecular weight excluding hydrogens is 467 g/mol. The zero-order valence-electron chi connectivity index (χ0n) is 17.4. The van der Waals surface area contributed by atoms with E-state index in [1.165, 1.54) is 12.1 Å². The van der Waals surface area contributed by atoms with E-state index in [0.717, 1.165) is 11.0 Å². The van der Waals surface area contributed by atoms with Gasteiger partial charge >= 0.3 is 6.18 Å². The molecule has 0 bridgehead atoms. The number of thioether (sulfide) groups is 1. The minimum Gasteiger partial charge on any atom is -0.507 e. The number of amides is 2. The van der Waals surface area contributed by atoms with Crippen molar-refractivity contribution in [1.82, 2.24) is 4.90 Å². The maximum absolute atomic E-state index is 13.0. The number of nitrogens with zero attached hydrogens (tertiary/aromatic N) is 1. The lowest BCUT2D eigenvalue weighted by Gasteiger charge is -2.13. The molecule has 1 saturated heterocycles. The number of carbonyl (C=O) groups is 3. The Morgan fingerprint density at radius 3 is 2.24 bits per heavy atom. The smallest absolute Gasteiger partial charge is 0.419 e. The van der Waals surface area contributed by atoms with Crippen LogP contribution < -0.4 is 0 Å². The lowest BCUT2D eigenvalue weighted by atomic mass is 10.0. The average molecular weight is 483 g/mol. The summed E-state index contributed by atoms with van der Waals surface area (Å²) >= 11 is 0.619. The van der Waals surface area contributed by atoms with Gasteiger partial charge in [-0.15, -0.1) is 0 Å². The molecule has 0 aliphatic carbocycles. The van der Waals surface area contributed by atoms with Crippen molar-refractivity contribution in [3.05, 3.63) is 106 Å². The number of carbonyl (C=O) groups excluding carboxylic acids is 3. The lowest BCUT2D eigenvalue weighted by Crippen LogP contribution is -2.27. The number of halogens is 3. The molecule has 3 aromatic carbocycles. The summed E-state index contributed by atoms with van der Waals surface area (Å²) in [6.07, 6.45) is -3.58. The van der Waals surface area contributed by atoms with E-state index in [1.807, 2.05) is 6.07 Å². The Hall–Kier alpha value is -3.85. The summed E-state index contributed by atoms with van der Waals surface area (Å²) in [5, 5.41) is 8.89. The van der Waals surface area contributed by atoms with Gasteiger partial charge in [0.1, 0.15) is 5.75 Å². The molecule has 0 atom stereocenters. The number of benzene rings is 3. The minimum atomic E-state index is -4.76. The van der Waals surface area contributed by atoms with Gasteiger partial charge in [0.05, 0.1) is 17.0 Å². The first kappa shape index (κ1) is 23.3. The molecule has 3 aromatic rings. The number of hydrogen-bond acceptors (Lipinski definition) is 5. The number of phenols is 1. The SMILES string of the molecule is O=C(c1ccccc1)c1ccc(CN2C(=O)S/C(=C\c3ccc(O)c(C(F)(F)F)c3)C2=O)cc1. The molecule has 0 saturated carbocycles. The van der Waals surface area contributed by atoms with Gasteiger partial charge in [0.15, 0.2) is 5.78 Å². The third-order valence-electron chi connectivity index (χ3n) is 5.09. The van der Waals surface area contributed by atoms with Crippen molar-refractivity contribution >= 4 is 34.8 Å². The summed E-state index contributed by atoms with van der Waals surface area (Å²) in [4.78, 5) is 38.6. The Balaban J connectivity index is 1.50. The molecule has 5 nitrogen and oxygen atoms in total. The molecule has 0 radical (unpaired) electrons. The van der Waals surface area contributed by atoms with Gasteiger partial charge in [-0.1, -0.05) is 60.7 Å². The van der Waals surface area contributed by atoms with Crippen molar-refractivity contribution in [1.29, 1.82) is 0 Å². The van der Waals surface area contributed by atoms with Gasteiger partial charge in [-0.3, -0.25) is 19.3 Å². The Bertz CT molecular complexity index is 1300. The van der Waals surface area contributed by atoms with Crippen molar-refractivity contribution in [2.24, 2.45) is 0 Å². The Morgan fingerprint density at radius 1 is 0.941 bits per heavy atom. The van der Waals surface area contributed by atoms with Crippen molar-refractivity contribution in [2.45, 2.75) is 12.7 Å². The highest BCUT2D eigenvalue weighted by atomic mass is 32.2. The van der Waals surface area contributed by atoms with Gasteiger partial charge < -0.3 is 5.11 Å². The summed E-state index contributed by atoms with van der Waals surface area (Å²) in [6, 6.07) is 18.0. The molecule has 0 spiro atoms. The standard InChI is InChI=1S/C25H16F3NO4S/c26-25(27,28)19-12-16(8-11-20(19)30)13-21-23(32)29(24(33)34-21)14-15-6-9-18(10-7-15)22(31)17-4-2-1-3-5-17/h1-13,30H,14H2/b21-13-. The molecule has 2 amide bonds. The van der Waals surface area contributed by atoms with Crippen LogP contribution in [0, 0.1) is 0 Å². The second kappa shape index (κ2) is 9.18. The van der Waals surface area contributed by atoms with Crippen LogP contribution in [0.4, 0.5) is 18.0 Å². The molecule has 1 aliphatic rings. The summed E-state index contributed by atoms with van der Waals surface area (Å²) in [5.41, 5.74) is 0.396. The van der Waals surface area contributed by atoms with Crippen molar-refractivity contribution in [3.63, 3.8) is 0 Å². The highest BCUT2D eigenvalue weighted by Gasteiger charge is 2.36. The van der Waals surface area contributed by atoms with Gasteiger partial charge in [0.2, 0.25) is 0 Å². The molecule has 0 unspecified atom stereocenters. The van der Waals surface area contributed by atoms with Crippen molar-refractivity contribution in [2.75, 3.05) is 0 Å². The molecule has 1 N–H and O–H groups in total. The Morgan fingerprint density at radius 2 is 1.59 bits per heavy atom. The van der Waals surface area contributed by atoms with E-state index in [4.69, 9.17) is 0 Å². The summed E-state index contributed by atoms with van der Waals surface area (Å²) in [6.45, 7) is -0.0504. The molecule has 172 valence electrons. The second-order valence-corrected chi connectivity index (χ2v) is 8.43. The predicted molar refractivity (Wildman–Crippen MR) is 121 cm³/mol. The lowest BCUT2D eigenvalue weighted by molar-refractivity contribution is -0.138. The Labute approximate surface area is 196 Å². The minimum absolute atomic E-state index is 0.0272. The number of phenolic OH excluding ortho intramolecular Hbond substituents is 1. The van der Waals surface area contributed by atoms with E-state index in [9.17, 15) is 32.7 Å². The van der Waals surface area contributed by atoms with Crippen LogP contribution in [0.5, 0.6) is 5.75 Å². The van der Waals surface area contributed by atoms with Crippen LogP contribution in [-0.4, -0.2) is 26.9 Å². The third-order valence-corrected chi connectivity index (χ3v) is 6.00. The van der Waals surface area contributed by atoms with E-state index in [0.29, 0.717) is 34.5 Å². The molecule has 0 aromatic heterocycles. The third kappa shape index (κ3) is 4.89. The highest BCUT2D eigenvalue weighted by Crippen LogP contribution is 2.38. The fourth-order valence-electron chi connectivity index (χ4n) is 3.36. The fraction of sp³-hybridized carbons (Fsp3) is 0.0800. The van der Waals surface area contributed by atoms with E-state index < -0.39 is 28.6 Å². The normalized spacial score (nSPS) is 15.3. The highest BCUT2D eigenvalue weighted by molar-refractivity contribution is 8.18. The zero-order chi connectivity index (χ0) is 24.5. The number of ketones is 1. The van der Waals surface area contributed by atoms with Crippen LogP contribution in [-0.2, 0) is 17.5 Å². The number of aromatic hydroxyl groups is 1. The van der Waals surface area contributed by atoms with Crippen LogP contribution in [0.3, 0.4) is 0 Å². The van der Waals surface area contributed by atoms with Gasteiger partial charge in [0, 0.05) is 11.1 Å². The van der Waals surface area contributed by atoms with E-state index in [2.05, 4.69) is 0 Å². The molecule has 34 heavy (non-hydrogen) atoms. The van der Waals surface area contributed by atoms with Gasteiger partial charge in [-0.2, -0.15) is 13.2 Å². The molecule has 1 fully saturated rings. The van der Waals surface area contributed by atoms with Crippen LogP contribution in [0.25, 0.3) is 6.08 Å². The molecule has 1 heterocycles. The Kier molecular flexibility index (Phi) is 6.30. The van der Waals surface area contributed by atoms with E-state index >= 15 is 0 Å². The predicted octanol–water partition coefficient (Wildman–Crippen LogP) is 5.88. The maximum Gasteiger partial charge on any atom is 0.419 e. The molecular formula is C25H16F3NO4S. The fourth-order valence-corrected chi connectivity index (χ4v) is 4.20. The zero-order valence-corrected chi connectivity index (χ0v) is 18.2. The maximum atomic E-state index is 13.0. The first-order chi connectivity index (χ1) is 16.1. The number of alkyl halides is 3. The monoisotopic (exact) mass is 483 g/mol. The van der Waals surface area contributed by atoms with Gasteiger partial charge in [-0.25, -0.2) is 0 Å². The number of imide groups is 1. The average Bonchev–Trinajstić information content (AvgIpc) is 3.07. The van der Waals surface area contributed by atoms with Crippen LogP contribution in [0.15, 0.2) is 77.7 Å². The van der Waals surface area contributed by atoms with Crippen LogP contribution in [0.2, 0.25) is 0 Å². The van der Waals surface area contributed by atoms with Gasteiger partial charge in [-0.05, 0) is 41.1 Å². The summed E-state index contributed by atoms with van der Waals surface area (Å²) in [5.74, 6) is -1.72. The van der Waals surface area contributed by atoms with Crippen LogP contribution in [0.1, 0.15) is 32.6 Å². The number of hydrogen-bond donors (Lipinski definition) is 1. The quantitative estimate of drug-likeness (QED) is 0.363. The summed E-state index contributed by atoms with van der Waals surface area (Å²) < 4.78 is 39.1. The van der Waals surface area contributed by atoms with Crippen molar-refractivity contribution < 1.29 is 32.7 Å². The molecule has 9 heteroatoms. The molecule has 4 rings (SSSR count). The van der Waals surface area contributed by atoms with Gasteiger partial charge in [0.25, 0.3) is 11.1 Å². The second-order valence-electron chi connectivity index (χ2n) is 7.43. The topological polar surface area (TPSA) is 74.7 Å². The van der Waals surface area contributed by atoms with E-state index in [-0.39, 0.29) is 22.8 Å². The summed E-state index contributed by atoms with van der Waals surface area (Å²) in [7, 11) is 0. The first-order valence-electron chi connectivity index (χ1n) is 9.98. The molecule has 1 aliphatic heterocycles. The van der Waals surface area contributed by atoms with Crippen LogP contribution >= 0.6 is 11.8 Å². The van der Waals surface area contributed by atoms with E-state index in [1.54, 1.807) is 48.5 Å². The number of rotatable bonds is 5. The first-order valence-corrected chi connectivity index (χ1v) is 10.8. The largest absolute Gasteiger partial charge is 0.507 e. The van der Waals surface area contributed by atoms with Crippen molar-refractivity contribution in [3.8, 4) is 5.75 Å².